The maximum Gasteiger partial charge on any atom is 0.574 e. The molecule has 0 aliphatic carbocycles. The molecule has 0 unspecified atom stereocenters. The van der Waals surface area contributed by atoms with E-state index in [2.05, 4.69) is 25.7 Å². The van der Waals surface area contributed by atoms with Crippen LogP contribution in [0.5, 0.6) is 11.6 Å². The van der Waals surface area contributed by atoms with Crippen LogP contribution >= 0.6 is 15.9 Å². The summed E-state index contributed by atoms with van der Waals surface area (Å²) in [4.78, 5) is 3.27. The molecule has 1 rings (SSSR count). The lowest BCUT2D eigenvalue weighted by Crippen LogP contribution is -2.19. The largest absolute Gasteiger partial charge is 0.574 e. The van der Waals surface area contributed by atoms with Gasteiger partial charge in [-0.05, 0) is 0 Å². The first-order chi connectivity index (χ1) is 7.39. The number of rotatable bonds is 3. The van der Waals surface area contributed by atoms with Gasteiger partial charge in [-0.15, -0.1) is 13.2 Å². The van der Waals surface area contributed by atoms with Gasteiger partial charge >= 0.3 is 6.36 Å². The first-order valence-electron chi connectivity index (χ1n) is 4.01. The van der Waals surface area contributed by atoms with Crippen molar-refractivity contribution in [3.8, 4) is 11.6 Å². The Labute approximate surface area is 96.8 Å². The lowest BCUT2D eigenvalue weighted by atomic mass is 10.1. The van der Waals surface area contributed by atoms with Gasteiger partial charge in [0.15, 0.2) is 0 Å². The highest BCUT2D eigenvalue weighted by atomic mass is 79.9. The fourth-order valence-corrected chi connectivity index (χ4v) is 1.69. The molecule has 0 aliphatic rings. The van der Waals surface area contributed by atoms with Crippen LogP contribution in [0.4, 0.5) is 13.2 Å². The summed E-state index contributed by atoms with van der Waals surface area (Å²) < 4.78 is 39.5. The van der Waals surface area contributed by atoms with Gasteiger partial charge in [0.25, 0.3) is 0 Å². The van der Waals surface area contributed by atoms with Crippen molar-refractivity contribution in [3.05, 3.63) is 17.3 Å². The van der Waals surface area contributed by atoms with Gasteiger partial charge in [-0.3, -0.25) is 0 Å². The molecule has 0 aromatic carbocycles. The molecule has 1 heterocycles. The average Bonchev–Trinajstić information content (AvgIpc) is 2.18. The second-order valence-corrected chi connectivity index (χ2v) is 3.31. The molecule has 0 spiro atoms. The minimum absolute atomic E-state index is 0.0749. The van der Waals surface area contributed by atoms with Gasteiger partial charge in [0.1, 0.15) is 5.75 Å². The Balaban J connectivity index is 3.19. The molecule has 4 nitrogen and oxygen atoms in total. The van der Waals surface area contributed by atoms with Gasteiger partial charge in [0.05, 0.1) is 12.8 Å². The lowest BCUT2D eigenvalue weighted by Gasteiger charge is -2.14. The number of hydrogen-bond donors (Lipinski definition) is 2. The zero-order valence-corrected chi connectivity index (χ0v) is 9.34. The SMILES string of the molecule is OCc1c(OC(F)(F)F)ncc(O)c1CBr. The highest BCUT2D eigenvalue weighted by Crippen LogP contribution is 2.32. The van der Waals surface area contributed by atoms with Crippen molar-refractivity contribution in [1.82, 2.24) is 4.98 Å². The first-order valence-corrected chi connectivity index (χ1v) is 5.13. The number of nitrogens with zero attached hydrogens (tertiary/aromatic N) is 1. The van der Waals surface area contributed by atoms with Gasteiger partial charge in [-0.25, -0.2) is 4.98 Å². The molecular weight excluding hydrogens is 295 g/mol. The molecule has 0 saturated carbocycles. The Morgan fingerprint density at radius 2 is 2.00 bits per heavy atom. The second kappa shape index (κ2) is 4.88. The van der Waals surface area contributed by atoms with E-state index in [0.717, 1.165) is 6.20 Å². The normalized spacial score (nSPS) is 11.6. The number of alkyl halides is 4. The molecule has 0 saturated heterocycles. The number of aliphatic hydroxyl groups excluding tert-OH is 1. The maximum absolute atomic E-state index is 12.0. The van der Waals surface area contributed by atoms with E-state index >= 15 is 0 Å². The van der Waals surface area contributed by atoms with Gasteiger partial charge in [0, 0.05) is 16.5 Å². The van der Waals surface area contributed by atoms with E-state index in [9.17, 15) is 18.3 Å². The molecule has 0 amide bonds. The third kappa shape index (κ3) is 2.99. The minimum atomic E-state index is -4.89. The van der Waals surface area contributed by atoms with Crippen molar-refractivity contribution in [2.75, 3.05) is 0 Å². The van der Waals surface area contributed by atoms with Crippen LogP contribution in [0.2, 0.25) is 0 Å². The van der Waals surface area contributed by atoms with Crippen LogP contribution in [0.1, 0.15) is 11.1 Å². The molecule has 0 atom stereocenters. The van der Waals surface area contributed by atoms with E-state index in [4.69, 9.17) is 5.11 Å². The fraction of sp³-hybridized carbons (Fsp3) is 0.375. The van der Waals surface area contributed by atoms with Crippen molar-refractivity contribution < 1.29 is 28.1 Å². The number of pyridine rings is 1. The van der Waals surface area contributed by atoms with Crippen LogP contribution in [0, 0.1) is 0 Å². The van der Waals surface area contributed by atoms with Crippen molar-refractivity contribution in [1.29, 1.82) is 0 Å². The Morgan fingerprint density at radius 1 is 1.38 bits per heavy atom. The van der Waals surface area contributed by atoms with Crippen molar-refractivity contribution in [2.45, 2.75) is 18.3 Å². The molecule has 0 bridgehead atoms. The third-order valence-electron chi connectivity index (χ3n) is 1.74. The van der Waals surface area contributed by atoms with Gasteiger partial charge < -0.3 is 14.9 Å². The van der Waals surface area contributed by atoms with Crippen molar-refractivity contribution >= 4 is 15.9 Å². The third-order valence-corrected chi connectivity index (χ3v) is 2.30. The predicted octanol–water partition coefficient (Wildman–Crippen LogP) is 2.07. The highest BCUT2D eigenvalue weighted by Gasteiger charge is 2.33. The van der Waals surface area contributed by atoms with Crippen molar-refractivity contribution in [3.63, 3.8) is 0 Å². The topological polar surface area (TPSA) is 62.6 Å². The second-order valence-electron chi connectivity index (χ2n) is 2.75. The average molecular weight is 302 g/mol. The Morgan fingerprint density at radius 3 is 2.44 bits per heavy atom. The summed E-state index contributed by atoms with van der Waals surface area (Å²) in [6, 6.07) is 0. The summed E-state index contributed by atoms with van der Waals surface area (Å²) in [6.45, 7) is -0.715. The number of aliphatic hydroxyl groups is 1. The molecule has 0 aliphatic heterocycles. The Kier molecular flexibility index (Phi) is 3.98. The molecule has 1 aromatic rings. The predicted molar refractivity (Wildman–Crippen MR) is 51.1 cm³/mol. The molecular formula is C8H7BrF3NO3. The number of ether oxygens (including phenoxy) is 1. The molecule has 90 valence electrons. The molecule has 0 radical (unpaired) electrons. The fourth-order valence-electron chi connectivity index (χ4n) is 1.07. The van der Waals surface area contributed by atoms with Gasteiger partial charge in [-0.1, -0.05) is 15.9 Å². The summed E-state index contributed by atoms with van der Waals surface area (Å²) in [5.41, 5.74) is -0.0917. The first kappa shape index (κ1) is 13.0. The van der Waals surface area contributed by atoms with Crippen LogP contribution < -0.4 is 4.74 Å². The van der Waals surface area contributed by atoms with E-state index in [1.165, 1.54) is 0 Å². The standard InChI is InChI=1S/C8H7BrF3NO3/c9-1-4-5(3-14)7(13-2-6(4)15)16-8(10,11)12/h2,14-15H,1,3H2. The van der Waals surface area contributed by atoms with Gasteiger partial charge in [0.2, 0.25) is 5.88 Å². The summed E-state index contributed by atoms with van der Waals surface area (Å²) >= 11 is 2.98. The van der Waals surface area contributed by atoms with Crippen LogP contribution in [0.3, 0.4) is 0 Å². The van der Waals surface area contributed by atoms with Crippen molar-refractivity contribution in [2.24, 2.45) is 0 Å². The number of aromatic nitrogens is 1. The van der Waals surface area contributed by atoms with Gasteiger partial charge in [-0.2, -0.15) is 0 Å². The monoisotopic (exact) mass is 301 g/mol. The zero-order chi connectivity index (χ0) is 12.3. The molecule has 16 heavy (non-hydrogen) atoms. The molecule has 8 heteroatoms. The van der Waals surface area contributed by atoms with E-state index < -0.39 is 18.8 Å². The van der Waals surface area contributed by atoms with E-state index in [-0.39, 0.29) is 22.2 Å². The van der Waals surface area contributed by atoms with E-state index in [1.807, 2.05) is 0 Å². The lowest BCUT2D eigenvalue weighted by molar-refractivity contribution is -0.276. The van der Waals surface area contributed by atoms with Crippen LogP contribution in [-0.2, 0) is 11.9 Å². The van der Waals surface area contributed by atoms with Crippen LogP contribution in [-0.4, -0.2) is 21.6 Å². The highest BCUT2D eigenvalue weighted by molar-refractivity contribution is 9.08. The number of aromatic hydroxyl groups is 1. The quantitative estimate of drug-likeness (QED) is 0.839. The summed E-state index contributed by atoms with van der Waals surface area (Å²) in [5, 5.41) is 18.3. The van der Waals surface area contributed by atoms with Crippen LogP contribution in [0.15, 0.2) is 6.20 Å². The zero-order valence-electron chi connectivity index (χ0n) is 7.75. The minimum Gasteiger partial charge on any atom is -0.506 e. The number of halogens is 4. The summed E-state index contributed by atoms with van der Waals surface area (Å²) in [7, 11) is 0. The Bertz CT molecular complexity index is 384. The number of hydrogen-bond acceptors (Lipinski definition) is 4. The maximum atomic E-state index is 12.0. The molecule has 1 aromatic heterocycles. The molecule has 0 fully saturated rings. The Hall–Kier alpha value is -1.02. The molecule has 2 N–H and O–H groups in total. The van der Waals surface area contributed by atoms with E-state index in [1.54, 1.807) is 0 Å². The summed E-state index contributed by atoms with van der Waals surface area (Å²) in [6.07, 6.45) is -4.06. The smallest absolute Gasteiger partial charge is 0.506 e. The van der Waals surface area contributed by atoms with E-state index in [0.29, 0.717) is 0 Å². The summed E-state index contributed by atoms with van der Waals surface area (Å²) in [5.74, 6) is -1.07. The van der Waals surface area contributed by atoms with Crippen LogP contribution in [0.25, 0.3) is 0 Å².